The monoisotopic (exact) mass is 399 g/mol. The van der Waals surface area contributed by atoms with Crippen LogP contribution in [0.3, 0.4) is 0 Å². The Morgan fingerprint density at radius 2 is 1.86 bits per heavy atom. The summed E-state index contributed by atoms with van der Waals surface area (Å²) in [4.78, 5) is 14.4. The van der Waals surface area contributed by atoms with Gasteiger partial charge in [0.25, 0.3) is 5.16 Å². The molecule has 1 aliphatic rings. The van der Waals surface area contributed by atoms with Crippen molar-refractivity contribution in [2.45, 2.75) is 30.0 Å². The van der Waals surface area contributed by atoms with Gasteiger partial charge in [-0.05, 0) is 57.4 Å². The van der Waals surface area contributed by atoms with Crippen molar-refractivity contribution < 1.29 is 14.1 Å². The molecule has 8 heteroatoms. The number of nitro groups is 1. The summed E-state index contributed by atoms with van der Waals surface area (Å²) in [6, 6.07) is 14.4. The van der Waals surface area contributed by atoms with Crippen LogP contribution in [0.15, 0.2) is 59.9 Å². The Kier molecular flexibility index (Phi) is 4.91. The number of rotatable bonds is 6. The van der Waals surface area contributed by atoms with Crippen LogP contribution in [0, 0.1) is 15.9 Å². The van der Waals surface area contributed by atoms with Crippen LogP contribution < -0.4 is 0 Å². The highest BCUT2D eigenvalue weighted by molar-refractivity contribution is 8.00. The summed E-state index contributed by atoms with van der Waals surface area (Å²) < 4.78 is 20.5. The summed E-state index contributed by atoms with van der Waals surface area (Å²) >= 11 is 1.50. The van der Waals surface area contributed by atoms with E-state index in [0.717, 1.165) is 16.7 Å². The van der Waals surface area contributed by atoms with E-state index in [1.54, 1.807) is 12.1 Å². The third-order valence-corrected chi connectivity index (χ3v) is 5.81. The number of halogens is 1. The maximum atomic E-state index is 13.0. The molecule has 1 aliphatic heterocycles. The molecule has 1 atom stereocenters. The van der Waals surface area contributed by atoms with Crippen LogP contribution in [0.1, 0.15) is 12.5 Å². The van der Waals surface area contributed by atoms with Gasteiger partial charge in [-0.25, -0.2) is 4.39 Å². The fourth-order valence-corrected chi connectivity index (χ4v) is 4.34. The van der Waals surface area contributed by atoms with Gasteiger partial charge in [0.15, 0.2) is 0 Å². The van der Waals surface area contributed by atoms with E-state index in [0.29, 0.717) is 24.9 Å². The zero-order valence-electron chi connectivity index (χ0n) is 15.2. The molecule has 0 fully saturated rings. The van der Waals surface area contributed by atoms with Crippen molar-refractivity contribution in [3.05, 3.63) is 76.2 Å². The van der Waals surface area contributed by atoms with Gasteiger partial charge in [-0.3, -0.25) is 4.57 Å². The summed E-state index contributed by atoms with van der Waals surface area (Å²) in [7, 11) is 0. The number of thioether (sulfide) groups is 1. The average Bonchev–Trinajstić information content (AvgIpc) is 3.18. The Bertz CT molecular complexity index is 979. The van der Waals surface area contributed by atoms with Gasteiger partial charge in [-0.1, -0.05) is 36.4 Å². The molecule has 6 nitrogen and oxygen atoms in total. The smallest absolute Gasteiger partial charge is 0.375 e. The van der Waals surface area contributed by atoms with E-state index in [2.05, 4.69) is 11.9 Å². The SMILES string of the molecule is CC1(COCc2ccc(-c3ccc(F)cc3)cc2)Cn2cc([N+](=O)[O-])nc2S1. The van der Waals surface area contributed by atoms with Crippen LogP contribution >= 0.6 is 11.8 Å². The van der Waals surface area contributed by atoms with Gasteiger partial charge < -0.3 is 14.9 Å². The lowest BCUT2D eigenvalue weighted by Crippen LogP contribution is -2.27. The van der Waals surface area contributed by atoms with Crippen LogP contribution in [0.2, 0.25) is 0 Å². The first-order chi connectivity index (χ1) is 13.4. The molecule has 4 rings (SSSR count). The van der Waals surface area contributed by atoms with Crippen LogP contribution in [0.25, 0.3) is 11.1 Å². The fraction of sp³-hybridized carbons (Fsp3) is 0.250. The molecule has 0 N–H and O–H groups in total. The summed E-state index contributed by atoms with van der Waals surface area (Å²) in [6.07, 6.45) is 1.47. The lowest BCUT2D eigenvalue weighted by atomic mass is 10.0. The third-order valence-electron chi connectivity index (χ3n) is 4.56. The molecule has 3 aromatic rings. The molecule has 0 saturated carbocycles. The number of hydrogen-bond donors (Lipinski definition) is 0. The van der Waals surface area contributed by atoms with Crippen molar-refractivity contribution in [3.63, 3.8) is 0 Å². The van der Waals surface area contributed by atoms with Crippen molar-refractivity contribution in [2.75, 3.05) is 6.61 Å². The molecule has 0 saturated heterocycles. The number of ether oxygens (including phenoxy) is 1. The van der Waals surface area contributed by atoms with Gasteiger partial charge >= 0.3 is 5.82 Å². The van der Waals surface area contributed by atoms with E-state index >= 15 is 0 Å². The van der Waals surface area contributed by atoms with Crippen molar-refractivity contribution in [2.24, 2.45) is 0 Å². The Morgan fingerprint density at radius 1 is 1.21 bits per heavy atom. The predicted molar refractivity (Wildman–Crippen MR) is 105 cm³/mol. The fourth-order valence-electron chi connectivity index (χ4n) is 3.18. The van der Waals surface area contributed by atoms with Gasteiger partial charge in [-0.15, -0.1) is 0 Å². The van der Waals surface area contributed by atoms with Crippen LogP contribution in [-0.4, -0.2) is 25.8 Å². The first-order valence-corrected chi connectivity index (χ1v) is 9.57. The quantitative estimate of drug-likeness (QED) is 0.445. The van der Waals surface area contributed by atoms with Gasteiger partial charge in [0.2, 0.25) is 0 Å². The van der Waals surface area contributed by atoms with E-state index in [1.165, 1.54) is 30.1 Å². The standard InChI is InChI=1S/C20H18FN3O3S/c1-20(12-23-10-18(24(25)26)22-19(23)28-20)13-27-11-14-2-4-15(5-3-14)16-6-8-17(21)9-7-16/h2-10H,11-13H2,1H3. The van der Waals surface area contributed by atoms with E-state index in [1.807, 2.05) is 28.8 Å². The lowest BCUT2D eigenvalue weighted by molar-refractivity contribution is -0.389. The largest absolute Gasteiger partial charge is 0.382 e. The molecule has 1 aromatic heterocycles. The molecular weight excluding hydrogens is 381 g/mol. The van der Waals surface area contributed by atoms with Crippen molar-refractivity contribution in [1.29, 1.82) is 0 Å². The minimum absolute atomic E-state index is 0.119. The first-order valence-electron chi connectivity index (χ1n) is 8.75. The zero-order valence-corrected chi connectivity index (χ0v) is 16.0. The van der Waals surface area contributed by atoms with E-state index in [9.17, 15) is 14.5 Å². The normalized spacial score (nSPS) is 18.2. The van der Waals surface area contributed by atoms with Crippen molar-refractivity contribution >= 4 is 17.6 Å². The molecule has 0 spiro atoms. The number of imidazole rings is 1. The molecule has 2 aromatic carbocycles. The number of nitrogens with zero attached hydrogens (tertiary/aromatic N) is 3. The van der Waals surface area contributed by atoms with Crippen LogP contribution in [-0.2, 0) is 17.9 Å². The maximum Gasteiger partial charge on any atom is 0.382 e. The second-order valence-electron chi connectivity index (χ2n) is 7.02. The molecule has 0 radical (unpaired) electrons. The Labute approximate surface area is 165 Å². The Hall–Kier alpha value is -2.71. The van der Waals surface area contributed by atoms with Crippen LogP contribution in [0.4, 0.5) is 10.2 Å². The number of hydrogen-bond acceptors (Lipinski definition) is 5. The van der Waals surface area contributed by atoms with E-state index in [-0.39, 0.29) is 16.4 Å². The third kappa shape index (κ3) is 3.93. The summed E-state index contributed by atoms with van der Waals surface area (Å²) in [6.45, 7) is 3.67. The number of fused-ring (bicyclic) bond motifs is 1. The molecule has 0 aliphatic carbocycles. The Morgan fingerprint density at radius 3 is 2.46 bits per heavy atom. The van der Waals surface area contributed by atoms with Gasteiger partial charge in [0.05, 0.1) is 18.0 Å². The van der Waals surface area contributed by atoms with E-state index in [4.69, 9.17) is 4.74 Å². The first kappa shape index (κ1) is 18.6. The molecule has 144 valence electrons. The number of aromatic nitrogens is 2. The highest BCUT2D eigenvalue weighted by Gasteiger charge is 2.39. The lowest BCUT2D eigenvalue weighted by Gasteiger charge is -2.21. The summed E-state index contributed by atoms with van der Waals surface area (Å²) in [5, 5.41) is 11.5. The summed E-state index contributed by atoms with van der Waals surface area (Å²) in [5.41, 5.74) is 3.03. The van der Waals surface area contributed by atoms with Crippen molar-refractivity contribution in [1.82, 2.24) is 9.55 Å². The van der Waals surface area contributed by atoms with E-state index < -0.39 is 4.92 Å². The Balaban J connectivity index is 1.32. The second kappa shape index (κ2) is 7.37. The van der Waals surface area contributed by atoms with Gasteiger partial charge in [-0.2, -0.15) is 0 Å². The minimum Gasteiger partial charge on any atom is -0.375 e. The molecular formula is C20H18FN3O3S. The van der Waals surface area contributed by atoms with Crippen LogP contribution in [0.5, 0.6) is 0 Å². The second-order valence-corrected chi connectivity index (χ2v) is 8.57. The number of benzene rings is 2. The molecule has 0 bridgehead atoms. The molecule has 1 unspecified atom stereocenters. The molecule has 28 heavy (non-hydrogen) atoms. The highest BCUT2D eigenvalue weighted by Crippen LogP contribution is 2.41. The zero-order chi connectivity index (χ0) is 19.7. The maximum absolute atomic E-state index is 13.0. The topological polar surface area (TPSA) is 70.2 Å². The average molecular weight is 399 g/mol. The van der Waals surface area contributed by atoms with Gasteiger partial charge in [0.1, 0.15) is 12.0 Å². The molecule has 0 amide bonds. The minimum atomic E-state index is -0.477. The summed E-state index contributed by atoms with van der Waals surface area (Å²) in [5.74, 6) is -0.365. The highest BCUT2D eigenvalue weighted by atomic mass is 32.2. The van der Waals surface area contributed by atoms with Crippen molar-refractivity contribution in [3.8, 4) is 11.1 Å². The van der Waals surface area contributed by atoms with Gasteiger partial charge in [0, 0.05) is 6.54 Å². The predicted octanol–water partition coefficient (Wildman–Crippen LogP) is 4.68. The molecule has 2 heterocycles.